The first kappa shape index (κ1) is 16.7. The van der Waals surface area contributed by atoms with Crippen molar-refractivity contribution < 1.29 is 9.90 Å². The molecule has 2 aromatic rings. The molecule has 1 amide bonds. The summed E-state index contributed by atoms with van der Waals surface area (Å²) in [6, 6.07) is 9.28. The van der Waals surface area contributed by atoms with Crippen molar-refractivity contribution in [2.75, 3.05) is 0 Å². The van der Waals surface area contributed by atoms with E-state index in [0.717, 1.165) is 35.7 Å². The molecule has 1 aliphatic carbocycles. The van der Waals surface area contributed by atoms with E-state index in [-0.39, 0.29) is 30.2 Å². The third-order valence-corrected chi connectivity index (χ3v) is 5.03. The fourth-order valence-corrected chi connectivity index (χ4v) is 3.57. The van der Waals surface area contributed by atoms with Gasteiger partial charge in [-0.05, 0) is 43.7 Å². The van der Waals surface area contributed by atoms with E-state index in [1.54, 1.807) is 6.07 Å². The Morgan fingerprint density at radius 3 is 2.75 bits per heavy atom. The third kappa shape index (κ3) is 3.22. The van der Waals surface area contributed by atoms with Gasteiger partial charge in [0.15, 0.2) is 0 Å². The largest absolute Gasteiger partial charge is 0.393 e. The van der Waals surface area contributed by atoms with Crippen LogP contribution in [0.15, 0.2) is 35.1 Å². The molecular formula is C19H24N2O3. The van der Waals surface area contributed by atoms with Crippen LogP contribution in [0.5, 0.6) is 0 Å². The molecule has 0 aliphatic heterocycles. The summed E-state index contributed by atoms with van der Waals surface area (Å²) in [5.41, 5.74) is 1.54. The molecule has 0 spiro atoms. The monoisotopic (exact) mass is 328 g/mol. The average Bonchev–Trinajstić information content (AvgIpc) is 2.54. The maximum atomic E-state index is 12.5. The summed E-state index contributed by atoms with van der Waals surface area (Å²) in [5.74, 6) is 0.180. The molecule has 5 nitrogen and oxygen atoms in total. The van der Waals surface area contributed by atoms with Gasteiger partial charge in [0.25, 0.3) is 5.56 Å². The number of aliphatic hydroxyl groups is 1. The second kappa shape index (κ2) is 6.77. The van der Waals surface area contributed by atoms with Gasteiger partial charge >= 0.3 is 0 Å². The fourth-order valence-electron chi connectivity index (χ4n) is 3.57. The first-order chi connectivity index (χ1) is 11.5. The Morgan fingerprint density at radius 2 is 2.08 bits per heavy atom. The molecule has 3 rings (SSSR count). The molecule has 1 saturated carbocycles. The Hall–Kier alpha value is -2.14. The van der Waals surface area contributed by atoms with Gasteiger partial charge in [0.2, 0.25) is 5.91 Å². The molecule has 1 heterocycles. The molecule has 0 radical (unpaired) electrons. The van der Waals surface area contributed by atoms with Gasteiger partial charge in [-0.2, -0.15) is 0 Å². The first-order valence-corrected chi connectivity index (χ1v) is 8.56. The van der Waals surface area contributed by atoms with Gasteiger partial charge < -0.3 is 10.4 Å². The van der Waals surface area contributed by atoms with Crippen molar-refractivity contribution in [3.05, 3.63) is 46.2 Å². The second-order valence-electron chi connectivity index (χ2n) is 6.74. The number of para-hydroxylation sites is 1. The van der Waals surface area contributed by atoms with Crippen LogP contribution in [0.2, 0.25) is 0 Å². The fraction of sp³-hybridized carbons (Fsp3) is 0.474. The van der Waals surface area contributed by atoms with Gasteiger partial charge in [-0.1, -0.05) is 25.1 Å². The van der Waals surface area contributed by atoms with Crippen molar-refractivity contribution >= 4 is 16.8 Å². The number of carbonyl (C=O) groups excluding carboxylic acids is 1. The standard InChI is InChI=1S/C19H24N2O3/c1-3-16(13-9-14(22)10-13)20-18(23)11-21-17-7-5-4-6-15(17)12(2)8-19(21)24/h4-8,13-14,16,22H,3,9-11H2,1-2H3,(H,20,23)/t13?,14?,16-/m0/s1. The van der Waals surface area contributed by atoms with Gasteiger partial charge in [-0.3, -0.25) is 14.2 Å². The van der Waals surface area contributed by atoms with Crippen LogP contribution >= 0.6 is 0 Å². The number of fused-ring (bicyclic) bond motifs is 1. The number of carbonyl (C=O) groups is 1. The van der Waals surface area contributed by atoms with Crippen LogP contribution in [0, 0.1) is 12.8 Å². The number of benzene rings is 1. The third-order valence-electron chi connectivity index (χ3n) is 5.03. The number of hydrogen-bond donors (Lipinski definition) is 2. The molecule has 1 aromatic heterocycles. The lowest BCUT2D eigenvalue weighted by molar-refractivity contribution is -0.123. The summed E-state index contributed by atoms with van der Waals surface area (Å²) in [7, 11) is 0. The maximum Gasteiger partial charge on any atom is 0.251 e. The van der Waals surface area contributed by atoms with Gasteiger partial charge in [-0.25, -0.2) is 0 Å². The van der Waals surface area contributed by atoms with Crippen molar-refractivity contribution in [2.24, 2.45) is 5.92 Å². The molecule has 1 aromatic carbocycles. The Kier molecular flexibility index (Phi) is 4.71. The Bertz CT molecular complexity index is 806. The number of aromatic nitrogens is 1. The van der Waals surface area contributed by atoms with E-state index >= 15 is 0 Å². The quantitative estimate of drug-likeness (QED) is 0.881. The zero-order chi connectivity index (χ0) is 17.3. The van der Waals surface area contributed by atoms with Crippen LogP contribution in [0.25, 0.3) is 10.9 Å². The minimum atomic E-state index is -0.232. The molecule has 24 heavy (non-hydrogen) atoms. The van der Waals surface area contributed by atoms with Crippen molar-refractivity contribution in [3.63, 3.8) is 0 Å². The SMILES string of the molecule is CC[C@H](NC(=O)Cn1c(=O)cc(C)c2ccccc21)C1CC(O)C1. The first-order valence-electron chi connectivity index (χ1n) is 8.56. The van der Waals surface area contributed by atoms with Crippen LogP contribution in [-0.4, -0.2) is 27.7 Å². The Labute approximate surface area is 141 Å². The minimum Gasteiger partial charge on any atom is -0.393 e. The van der Waals surface area contributed by atoms with Crippen LogP contribution in [0.3, 0.4) is 0 Å². The number of aryl methyl sites for hydroxylation is 1. The number of nitrogens with zero attached hydrogens (tertiary/aromatic N) is 1. The number of pyridine rings is 1. The van der Waals surface area contributed by atoms with Crippen LogP contribution in [0.1, 0.15) is 31.7 Å². The number of rotatable bonds is 5. The van der Waals surface area contributed by atoms with E-state index in [1.165, 1.54) is 4.57 Å². The number of nitrogens with one attached hydrogen (secondary N) is 1. The minimum absolute atomic E-state index is 0.0192. The summed E-state index contributed by atoms with van der Waals surface area (Å²) >= 11 is 0. The predicted octanol–water partition coefficient (Wildman–Crippen LogP) is 1.98. The van der Waals surface area contributed by atoms with E-state index in [9.17, 15) is 14.7 Å². The molecule has 0 saturated heterocycles. The van der Waals surface area contributed by atoms with Crippen LogP contribution in [0.4, 0.5) is 0 Å². The highest BCUT2D eigenvalue weighted by Crippen LogP contribution is 2.31. The van der Waals surface area contributed by atoms with Crippen molar-refractivity contribution in [3.8, 4) is 0 Å². The zero-order valence-electron chi connectivity index (χ0n) is 14.2. The topological polar surface area (TPSA) is 71.3 Å². The lowest BCUT2D eigenvalue weighted by Crippen LogP contribution is -2.48. The highest BCUT2D eigenvalue weighted by Gasteiger charge is 2.33. The molecule has 5 heteroatoms. The predicted molar refractivity (Wildman–Crippen MR) is 93.9 cm³/mol. The average molecular weight is 328 g/mol. The van der Waals surface area contributed by atoms with Crippen molar-refractivity contribution in [2.45, 2.75) is 51.8 Å². The molecule has 2 N–H and O–H groups in total. The van der Waals surface area contributed by atoms with Crippen LogP contribution in [-0.2, 0) is 11.3 Å². The summed E-state index contributed by atoms with van der Waals surface area (Å²) in [5, 5.41) is 13.5. The lowest BCUT2D eigenvalue weighted by atomic mass is 9.76. The summed E-state index contributed by atoms with van der Waals surface area (Å²) in [4.78, 5) is 24.8. The molecule has 0 bridgehead atoms. The second-order valence-corrected chi connectivity index (χ2v) is 6.74. The molecule has 1 fully saturated rings. The Balaban J connectivity index is 1.79. The van der Waals surface area contributed by atoms with E-state index < -0.39 is 0 Å². The molecule has 128 valence electrons. The zero-order valence-corrected chi connectivity index (χ0v) is 14.2. The number of hydrogen-bond acceptors (Lipinski definition) is 3. The van der Waals surface area contributed by atoms with E-state index in [2.05, 4.69) is 5.32 Å². The van der Waals surface area contributed by atoms with Crippen molar-refractivity contribution in [1.82, 2.24) is 9.88 Å². The molecular weight excluding hydrogens is 304 g/mol. The summed E-state index contributed by atoms with van der Waals surface area (Å²) < 4.78 is 1.53. The summed E-state index contributed by atoms with van der Waals surface area (Å²) in [6.45, 7) is 3.96. The van der Waals surface area contributed by atoms with Crippen molar-refractivity contribution in [1.29, 1.82) is 0 Å². The smallest absolute Gasteiger partial charge is 0.251 e. The molecule has 1 aliphatic rings. The van der Waals surface area contributed by atoms with Gasteiger partial charge in [0, 0.05) is 17.5 Å². The lowest BCUT2D eigenvalue weighted by Gasteiger charge is -2.37. The molecule has 1 atom stereocenters. The maximum absolute atomic E-state index is 12.5. The normalized spacial score (nSPS) is 21.3. The highest BCUT2D eigenvalue weighted by atomic mass is 16.3. The van der Waals surface area contributed by atoms with Gasteiger partial charge in [0.1, 0.15) is 6.54 Å². The van der Waals surface area contributed by atoms with Gasteiger partial charge in [-0.15, -0.1) is 0 Å². The highest BCUT2D eigenvalue weighted by molar-refractivity contribution is 5.84. The number of aliphatic hydroxyl groups excluding tert-OH is 1. The summed E-state index contributed by atoms with van der Waals surface area (Å²) in [6.07, 6.45) is 2.08. The Morgan fingerprint density at radius 1 is 1.38 bits per heavy atom. The number of amides is 1. The van der Waals surface area contributed by atoms with E-state index in [4.69, 9.17) is 0 Å². The molecule has 0 unspecified atom stereocenters. The van der Waals surface area contributed by atoms with E-state index in [0.29, 0.717) is 5.92 Å². The van der Waals surface area contributed by atoms with Gasteiger partial charge in [0.05, 0.1) is 11.6 Å². The van der Waals surface area contributed by atoms with Crippen LogP contribution < -0.4 is 10.9 Å². The van der Waals surface area contributed by atoms with E-state index in [1.807, 2.05) is 38.1 Å².